The molecule has 0 aliphatic heterocycles. The van der Waals surface area contributed by atoms with Gasteiger partial charge in [0.25, 0.3) is 0 Å². The van der Waals surface area contributed by atoms with Crippen LogP contribution in [0.15, 0.2) is 30.3 Å². The van der Waals surface area contributed by atoms with Gasteiger partial charge in [-0.3, -0.25) is 0 Å². The van der Waals surface area contributed by atoms with Crippen LogP contribution in [0, 0.1) is 0 Å². The lowest BCUT2D eigenvalue weighted by Crippen LogP contribution is -2.16. The minimum absolute atomic E-state index is 0.0832. The standard InChI is InChI=1S/C10H15NO2S/c11-14(12,13)9-5-4-8-10-6-2-1-3-7-10/h1-3,6-7H,4-5,8-9H2,(H2,11,12,13). The number of primary sulfonamides is 1. The van der Waals surface area contributed by atoms with Gasteiger partial charge in [-0.1, -0.05) is 30.3 Å². The summed E-state index contributed by atoms with van der Waals surface area (Å²) in [5.41, 5.74) is 1.24. The van der Waals surface area contributed by atoms with E-state index in [1.807, 2.05) is 30.3 Å². The molecule has 1 aromatic carbocycles. The second-order valence-electron chi connectivity index (χ2n) is 3.31. The van der Waals surface area contributed by atoms with Crippen LogP contribution in [-0.4, -0.2) is 14.2 Å². The van der Waals surface area contributed by atoms with Crippen molar-refractivity contribution in [3.8, 4) is 0 Å². The van der Waals surface area contributed by atoms with E-state index in [0.29, 0.717) is 6.42 Å². The summed E-state index contributed by atoms with van der Waals surface area (Å²) in [6.45, 7) is 0. The first kappa shape index (κ1) is 11.2. The normalized spacial score (nSPS) is 11.5. The first-order valence-electron chi connectivity index (χ1n) is 4.62. The fourth-order valence-electron chi connectivity index (χ4n) is 1.28. The molecule has 0 fully saturated rings. The summed E-state index contributed by atoms with van der Waals surface area (Å²) in [5.74, 6) is 0.0832. The summed E-state index contributed by atoms with van der Waals surface area (Å²) in [4.78, 5) is 0. The minimum atomic E-state index is -3.28. The quantitative estimate of drug-likeness (QED) is 0.749. The Morgan fingerprint density at radius 3 is 2.29 bits per heavy atom. The minimum Gasteiger partial charge on any atom is -0.229 e. The van der Waals surface area contributed by atoms with E-state index >= 15 is 0 Å². The molecule has 0 unspecified atom stereocenters. The van der Waals surface area contributed by atoms with Gasteiger partial charge in [-0.25, -0.2) is 13.6 Å². The van der Waals surface area contributed by atoms with E-state index in [-0.39, 0.29) is 5.75 Å². The molecule has 0 amide bonds. The number of benzene rings is 1. The molecule has 3 nitrogen and oxygen atoms in total. The number of sulfonamides is 1. The zero-order chi connectivity index (χ0) is 10.4. The third-order valence-corrected chi connectivity index (χ3v) is 2.84. The highest BCUT2D eigenvalue weighted by Gasteiger charge is 2.01. The molecule has 4 heteroatoms. The molecule has 0 atom stereocenters. The predicted octanol–water partition coefficient (Wildman–Crippen LogP) is 1.30. The van der Waals surface area contributed by atoms with Crippen LogP contribution < -0.4 is 5.14 Å². The van der Waals surface area contributed by atoms with Crippen molar-refractivity contribution in [1.29, 1.82) is 0 Å². The molecule has 0 heterocycles. The monoisotopic (exact) mass is 213 g/mol. The smallest absolute Gasteiger partial charge is 0.209 e. The molecule has 0 aliphatic carbocycles. The molecular formula is C10H15NO2S. The van der Waals surface area contributed by atoms with Crippen molar-refractivity contribution in [2.24, 2.45) is 5.14 Å². The first-order valence-corrected chi connectivity index (χ1v) is 6.34. The fraction of sp³-hybridized carbons (Fsp3) is 0.400. The second kappa shape index (κ2) is 5.12. The van der Waals surface area contributed by atoms with Gasteiger partial charge in [-0.2, -0.15) is 0 Å². The maximum atomic E-state index is 10.6. The third-order valence-electron chi connectivity index (χ3n) is 1.99. The summed E-state index contributed by atoms with van der Waals surface area (Å²) in [7, 11) is -3.28. The lowest BCUT2D eigenvalue weighted by atomic mass is 10.1. The number of nitrogens with two attached hydrogens (primary N) is 1. The van der Waals surface area contributed by atoms with E-state index in [0.717, 1.165) is 12.8 Å². The van der Waals surface area contributed by atoms with E-state index in [2.05, 4.69) is 0 Å². The molecule has 0 spiro atoms. The Balaban J connectivity index is 2.23. The summed E-state index contributed by atoms with van der Waals surface area (Å²) in [6.07, 6.45) is 2.41. The maximum Gasteiger partial charge on any atom is 0.209 e. The molecule has 0 saturated heterocycles. The fourth-order valence-corrected chi connectivity index (χ4v) is 1.88. The Bertz CT molecular complexity index is 359. The van der Waals surface area contributed by atoms with Crippen molar-refractivity contribution in [2.75, 3.05) is 5.75 Å². The van der Waals surface area contributed by atoms with Gasteiger partial charge in [0.2, 0.25) is 10.0 Å². The SMILES string of the molecule is NS(=O)(=O)CCCCc1ccccc1. The lowest BCUT2D eigenvalue weighted by Gasteiger charge is -2.00. The van der Waals surface area contributed by atoms with Crippen LogP contribution in [0.4, 0.5) is 0 Å². The molecule has 2 N–H and O–H groups in total. The lowest BCUT2D eigenvalue weighted by molar-refractivity contribution is 0.593. The van der Waals surface area contributed by atoms with Gasteiger partial charge in [0.15, 0.2) is 0 Å². The van der Waals surface area contributed by atoms with Crippen LogP contribution in [0.2, 0.25) is 0 Å². The third kappa shape index (κ3) is 4.99. The highest BCUT2D eigenvalue weighted by atomic mass is 32.2. The molecule has 0 radical (unpaired) electrons. The van der Waals surface area contributed by atoms with Crippen LogP contribution in [0.3, 0.4) is 0 Å². The Kier molecular flexibility index (Phi) is 4.10. The van der Waals surface area contributed by atoms with Gasteiger partial charge < -0.3 is 0 Å². The Morgan fingerprint density at radius 2 is 1.71 bits per heavy atom. The molecule has 1 aromatic rings. The molecule has 14 heavy (non-hydrogen) atoms. The van der Waals surface area contributed by atoms with Gasteiger partial charge in [0, 0.05) is 0 Å². The van der Waals surface area contributed by atoms with E-state index in [1.54, 1.807) is 0 Å². The molecule has 1 rings (SSSR count). The molecule has 78 valence electrons. The van der Waals surface area contributed by atoms with Gasteiger partial charge >= 0.3 is 0 Å². The van der Waals surface area contributed by atoms with Crippen LogP contribution in [0.25, 0.3) is 0 Å². The van der Waals surface area contributed by atoms with Crippen molar-refractivity contribution < 1.29 is 8.42 Å². The summed E-state index contributed by atoms with van der Waals surface area (Å²) < 4.78 is 21.2. The van der Waals surface area contributed by atoms with E-state index in [9.17, 15) is 8.42 Å². The van der Waals surface area contributed by atoms with Crippen molar-refractivity contribution in [3.05, 3.63) is 35.9 Å². The van der Waals surface area contributed by atoms with Crippen molar-refractivity contribution in [2.45, 2.75) is 19.3 Å². The van der Waals surface area contributed by atoms with Crippen LogP contribution in [0.5, 0.6) is 0 Å². The van der Waals surface area contributed by atoms with Crippen LogP contribution in [-0.2, 0) is 16.4 Å². The average molecular weight is 213 g/mol. The van der Waals surface area contributed by atoms with E-state index in [1.165, 1.54) is 5.56 Å². The highest BCUT2D eigenvalue weighted by Crippen LogP contribution is 2.04. The summed E-state index contributed by atoms with van der Waals surface area (Å²) in [5, 5.41) is 4.89. The second-order valence-corrected chi connectivity index (χ2v) is 5.04. The number of hydrogen-bond donors (Lipinski definition) is 1. The van der Waals surface area contributed by atoms with Crippen LogP contribution in [0.1, 0.15) is 18.4 Å². The van der Waals surface area contributed by atoms with E-state index < -0.39 is 10.0 Å². The zero-order valence-corrected chi connectivity index (χ0v) is 8.83. The van der Waals surface area contributed by atoms with Crippen molar-refractivity contribution >= 4 is 10.0 Å². The zero-order valence-electron chi connectivity index (χ0n) is 8.02. The molecule has 0 saturated carbocycles. The highest BCUT2D eigenvalue weighted by molar-refractivity contribution is 7.89. The number of aryl methyl sites for hydroxylation is 1. The Morgan fingerprint density at radius 1 is 1.07 bits per heavy atom. The van der Waals surface area contributed by atoms with Gasteiger partial charge in [-0.05, 0) is 24.8 Å². The average Bonchev–Trinajstić information content (AvgIpc) is 2.13. The van der Waals surface area contributed by atoms with Crippen molar-refractivity contribution in [1.82, 2.24) is 0 Å². The van der Waals surface area contributed by atoms with Gasteiger partial charge in [0.05, 0.1) is 5.75 Å². The Hall–Kier alpha value is -0.870. The molecule has 0 bridgehead atoms. The Labute approximate surface area is 85.0 Å². The van der Waals surface area contributed by atoms with Gasteiger partial charge in [-0.15, -0.1) is 0 Å². The molecular weight excluding hydrogens is 198 g/mol. The van der Waals surface area contributed by atoms with Gasteiger partial charge in [0.1, 0.15) is 0 Å². The number of rotatable bonds is 5. The van der Waals surface area contributed by atoms with E-state index in [4.69, 9.17) is 5.14 Å². The summed E-state index contributed by atoms with van der Waals surface area (Å²) >= 11 is 0. The largest absolute Gasteiger partial charge is 0.229 e. The van der Waals surface area contributed by atoms with Crippen molar-refractivity contribution in [3.63, 3.8) is 0 Å². The molecule has 0 aliphatic rings. The predicted molar refractivity (Wildman–Crippen MR) is 57.4 cm³/mol. The number of hydrogen-bond acceptors (Lipinski definition) is 2. The first-order chi connectivity index (χ1) is 6.58. The number of unbranched alkanes of at least 4 members (excludes halogenated alkanes) is 1. The summed E-state index contributed by atoms with van der Waals surface area (Å²) in [6, 6.07) is 10.0. The van der Waals surface area contributed by atoms with Crippen LogP contribution >= 0.6 is 0 Å². The topological polar surface area (TPSA) is 60.2 Å². The maximum absolute atomic E-state index is 10.6. The molecule has 0 aromatic heterocycles.